The van der Waals surface area contributed by atoms with Crippen molar-refractivity contribution in [2.24, 2.45) is 0 Å². The van der Waals surface area contributed by atoms with E-state index in [1.807, 2.05) is 42.5 Å². The van der Waals surface area contributed by atoms with Gasteiger partial charge in [0.2, 0.25) is 10.0 Å². The van der Waals surface area contributed by atoms with Crippen LogP contribution in [0.15, 0.2) is 92.6 Å². The van der Waals surface area contributed by atoms with Crippen LogP contribution in [-0.4, -0.2) is 42.5 Å². The Bertz CT molecular complexity index is 1680. The molecule has 0 saturated heterocycles. The molecule has 2 heterocycles. The molecule has 194 valence electrons. The quantitative estimate of drug-likeness (QED) is 0.282. The number of nitrogens with zero attached hydrogens (tertiary/aromatic N) is 3. The molecule has 11 heteroatoms. The molecule has 2 aromatic heterocycles. The zero-order valence-corrected chi connectivity index (χ0v) is 21.4. The Morgan fingerprint density at radius 3 is 2.45 bits per heavy atom. The summed E-state index contributed by atoms with van der Waals surface area (Å²) in [6.45, 7) is 2.33. The molecule has 1 N–H and O–H groups in total. The van der Waals surface area contributed by atoms with Crippen molar-refractivity contribution >= 4 is 32.9 Å². The molecule has 0 spiro atoms. The monoisotopic (exact) mass is 532 g/mol. The maximum absolute atomic E-state index is 13.2. The lowest BCUT2D eigenvalue weighted by molar-refractivity contribution is 0.102. The van der Waals surface area contributed by atoms with Crippen molar-refractivity contribution in [3.8, 4) is 17.4 Å². The van der Waals surface area contributed by atoms with Crippen LogP contribution in [0.4, 0.5) is 6.01 Å². The molecular formula is C27H24N4O6S. The molecular weight excluding hydrogens is 508 g/mol. The number of amides is 1. The first-order valence-corrected chi connectivity index (χ1v) is 13.2. The van der Waals surface area contributed by atoms with Gasteiger partial charge < -0.3 is 13.6 Å². The maximum atomic E-state index is 13.2. The van der Waals surface area contributed by atoms with Gasteiger partial charge in [-0.05, 0) is 42.0 Å². The number of furan rings is 1. The summed E-state index contributed by atoms with van der Waals surface area (Å²) >= 11 is 0. The third-order valence-electron chi connectivity index (χ3n) is 5.89. The van der Waals surface area contributed by atoms with Crippen molar-refractivity contribution in [3.05, 3.63) is 90.0 Å². The van der Waals surface area contributed by atoms with Crippen molar-refractivity contribution in [2.45, 2.75) is 18.4 Å². The number of hydrogen-bond acceptors (Lipinski definition) is 8. The molecule has 0 aliphatic heterocycles. The van der Waals surface area contributed by atoms with Gasteiger partial charge in [0.1, 0.15) is 0 Å². The van der Waals surface area contributed by atoms with E-state index in [-0.39, 0.29) is 28.9 Å². The van der Waals surface area contributed by atoms with Crippen LogP contribution in [0.5, 0.6) is 5.75 Å². The van der Waals surface area contributed by atoms with Crippen LogP contribution in [0.1, 0.15) is 22.8 Å². The molecule has 10 nitrogen and oxygen atoms in total. The highest BCUT2D eigenvalue weighted by Gasteiger charge is 2.24. The highest BCUT2D eigenvalue weighted by molar-refractivity contribution is 7.89. The first-order valence-electron chi connectivity index (χ1n) is 11.7. The first kappa shape index (κ1) is 25.2. The molecule has 5 aromatic rings. The predicted molar refractivity (Wildman–Crippen MR) is 140 cm³/mol. The summed E-state index contributed by atoms with van der Waals surface area (Å²) in [5.74, 6) is 0.433. The van der Waals surface area contributed by atoms with Gasteiger partial charge in [-0.15, -0.1) is 5.10 Å². The Hall–Kier alpha value is -4.48. The number of carbonyl (C=O) groups excluding carboxylic acids is 1. The van der Waals surface area contributed by atoms with Crippen molar-refractivity contribution in [1.82, 2.24) is 14.5 Å². The molecule has 5 rings (SSSR count). The highest BCUT2D eigenvalue weighted by atomic mass is 32.2. The Morgan fingerprint density at radius 2 is 1.74 bits per heavy atom. The number of aromatic nitrogens is 2. The van der Waals surface area contributed by atoms with Gasteiger partial charge in [-0.25, -0.2) is 8.42 Å². The van der Waals surface area contributed by atoms with Gasteiger partial charge in [0.05, 0.1) is 12.0 Å². The number of carbonyl (C=O) groups is 1. The molecule has 0 unspecified atom stereocenters. The molecule has 0 aliphatic rings. The number of nitrogens with one attached hydrogen (secondary N) is 1. The van der Waals surface area contributed by atoms with Gasteiger partial charge in [0.25, 0.3) is 11.8 Å². The molecule has 0 fully saturated rings. The van der Waals surface area contributed by atoms with Crippen LogP contribution in [-0.2, 0) is 16.6 Å². The van der Waals surface area contributed by atoms with Crippen molar-refractivity contribution in [3.63, 3.8) is 0 Å². The normalized spacial score (nSPS) is 11.7. The second kappa shape index (κ2) is 10.5. The molecule has 0 saturated carbocycles. The van der Waals surface area contributed by atoms with Crippen LogP contribution < -0.4 is 10.1 Å². The minimum Gasteiger partial charge on any atom is -0.493 e. The molecule has 1 amide bonds. The van der Waals surface area contributed by atoms with E-state index in [0.29, 0.717) is 23.6 Å². The van der Waals surface area contributed by atoms with Crippen LogP contribution in [0.3, 0.4) is 0 Å². The summed E-state index contributed by atoms with van der Waals surface area (Å²) in [6.07, 6.45) is 0. The predicted octanol–water partition coefficient (Wildman–Crippen LogP) is 4.95. The smallest absolute Gasteiger partial charge is 0.322 e. The van der Waals surface area contributed by atoms with E-state index >= 15 is 0 Å². The number of sulfonamides is 1. The van der Waals surface area contributed by atoms with E-state index < -0.39 is 15.9 Å². The fourth-order valence-electron chi connectivity index (χ4n) is 3.93. The van der Waals surface area contributed by atoms with Gasteiger partial charge in [-0.3, -0.25) is 10.1 Å². The second-order valence-corrected chi connectivity index (χ2v) is 10.2. The number of rotatable bonds is 9. The van der Waals surface area contributed by atoms with Gasteiger partial charge in [0, 0.05) is 24.0 Å². The van der Waals surface area contributed by atoms with Gasteiger partial charge in [0.15, 0.2) is 17.1 Å². The summed E-state index contributed by atoms with van der Waals surface area (Å²) in [5.41, 5.74) is 1.65. The largest absolute Gasteiger partial charge is 0.493 e. The lowest BCUT2D eigenvalue weighted by Crippen LogP contribution is -2.30. The second-order valence-electron chi connectivity index (χ2n) is 8.30. The Balaban J connectivity index is 1.29. The van der Waals surface area contributed by atoms with Gasteiger partial charge in [-0.1, -0.05) is 54.5 Å². The van der Waals surface area contributed by atoms with Crippen LogP contribution in [0.25, 0.3) is 22.6 Å². The van der Waals surface area contributed by atoms with E-state index in [2.05, 4.69) is 15.5 Å². The van der Waals surface area contributed by atoms with Gasteiger partial charge in [-0.2, -0.15) is 4.31 Å². The van der Waals surface area contributed by atoms with Gasteiger partial charge >= 0.3 is 6.01 Å². The topological polar surface area (TPSA) is 128 Å². The number of benzene rings is 3. The maximum Gasteiger partial charge on any atom is 0.322 e. The van der Waals surface area contributed by atoms with Crippen molar-refractivity contribution < 1.29 is 26.8 Å². The zero-order chi connectivity index (χ0) is 26.7. The van der Waals surface area contributed by atoms with E-state index in [1.54, 1.807) is 26.2 Å². The molecule has 0 atom stereocenters. The average Bonchev–Trinajstić information content (AvgIpc) is 3.59. The van der Waals surface area contributed by atoms with Crippen LogP contribution in [0.2, 0.25) is 0 Å². The van der Waals surface area contributed by atoms with E-state index in [0.717, 1.165) is 10.9 Å². The van der Waals surface area contributed by atoms with Crippen LogP contribution in [0, 0.1) is 0 Å². The third kappa shape index (κ3) is 5.01. The van der Waals surface area contributed by atoms with Crippen LogP contribution >= 0.6 is 0 Å². The third-order valence-corrected chi connectivity index (χ3v) is 7.83. The molecule has 3 aromatic carbocycles. The highest BCUT2D eigenvalue weighted by Crippen LogP contribution is 2.33. The SMILES string of the molecule is CCN(Cc1ccccc1)S(=O)(=O)c1ccc(C(=O)Nc2nnc(-c3cc4cccc(OC)c4o3)o2)cc1. The summed E-state index contributed by atoms with van der Waals surface area (Å²) in [6, 6.07) is 22.1. The number of hydrogen-bond donors (Lipinski definition) is 1. The molecule has 0 radical (unpaired) electrons. The molecule has 38 heavy (non-hydrogen) atoms. The number of methoxy groups -OCH3 is 1. The lowest BCUT2D eigenvalue weighted by Gasteiger charge is -2.20. The van der Waals surface area contributed by atoms with E-state index in [1.165, 1.54) is 28.6 Å². The first-order chi connectivity index (χ1) is 18.4. The summed E-state index contributed by atoms with van der Waals surface area (Å²) < 4.78 is 44.3. The Labute approximate surface area is 218 Å². The minimum absolute atomic E-state index is 0.0815. The summed E-state index contributed by atoms with van der Waals surface area (Å²) in [7, 11) is -2.21. The lowest BCUT2D eigenvalue weighted by atomic mass is 10.2. The molecule has 0 aliphatic carbocycles. The number of anilines is 1. The van der Waals surface area contributed by atoms with E-state index in [4.69, 9.17) is 13.6 Å². The Morgan fingerprint density at radius 1 is 0.974 bits per heavy atom. The fourth-order valence-corrected chi connectivity index (χ4v) is 5.36. The minimum atomic E-state index is -3.75. The van der Waals surface area contributed by atoms with E-state index in [9.17, 15) is 13.2 Å². The average molecular weight is 533 g/mol. The standard InChI is InChI=1S/C27H24N4O6S/c1-3-31(17-18-8-5-4-6-9-18)38(33,34)21-14-12-19(13-15-21)25(32)28-27-30-29-26(37-27)23-16-20-10-7-11-22(35-2)24(20)36-23/h4-16H,3,17H2,1-2H3,(H,28,30,32). The van der Waals surface area contributed by atoms with Crippen molar-refractivity contribution in [1.29, 1.82) is 0 Å². The number of ether oxygens (including phenoxy) is 1. The Kier molecular flexibility index (Phi) is 6.95. The number of fused-ring (bicyclic) bond motifs is 1. The summed E-state index contributed by atoms with van der Waals surface area (Å²) in [5, 5.41) is 11.1. The molecule has 0 bridgehead atoms. The van der Waals surface area contributed by atoms with Crippen molar-refractivity contribution in [2.75, 3.05) is 19.0 Å². The fraction of sp³-hybridized carbons (Fsp3) is 0.148. The number of para-hydroxylation sites is 1. The summed E-state index contributed by atoms with van der Waals surface area (Å²) in [4.78, 5) is 12.8. The zero-order valence-electron chi connectivity index (χ0n) is 20.6.